The fourth-order valence-electron chi connectivity index (χ4n) is 4.01. The molecule has 3 amide bonds. The maximum atomic E-state index is 12.4. The monoisotopic (exact) mass is 427 g/mol. The van der Waals surface area contributed by atoms with E-state index < -0.39 is 6.36 Å². The van der Waals surface area contributed by atoms with Crippen molar-refractivity contribution in [2.24, 2.45) is 0 Å². The summed E-state index contributed by atoms with van der Waals surface area (Å²) in [5, 5.41) is 6.07. The van der Waals surface area contributed by atoms with E-state index in [-0.39, 0.29) is 36.2 Å². The van der Waals surface area contributed by atoms with Crippen LogP contribution in [0.5, 0.6) is 5.75 Å². The van der Waals surface area contributed by atoms with E-state index in [9.17, 15) is 22.8 Å². The van der Waals surface area contributed by atoms with Crippen LogP contribution in [-0.4, -0.2) is 48.4 Å². The van der Waals surface area contributed by atoms with Gasteiger partial charge >= 0.3 is 12.4 Å². The first-order valence-corrected chi connectivity index (χ1v) is 10.5. The number of rotatable bonds is 5. The van der Waals surface area contributed by atoms with Crippen LogP contribution in [0.3, 0.4) is 0 Å². The first kappa shape index (κ1) is 22.2. The Kier molecular flexibility index (Phi) is 7.44. The molecule has 1 aliphatic heterocycles. The number of likely N-dealkylation sites (tertiary alicyclic amines) is 1. The topological polar surface area (TPSA) is 70.7 Å². The molecule has 0 radical (unpaired) electrons. The number of piperidine rings is 1. The molecule has 1 aliphatic carbocycles. The Labute approximate surface area is 174 Å². The average Bonchev–Trinajstić information content (AvgIpc) is 2.69. The number of ether oxygens (including phenoxy) is 1. The van der Waals surface area contributed by atoms with Crippen molar-refractivity contribution in [1.29, 1.82) is 0 Å². The standard InChI is InChI=1S/C21H28F3N3O3/c22-21(23,24)30-18-8-6-15(7-9-18)14-19(28)25-17-10-12-27(13-11-17)20(29)26-16-4-2-1-3-5-16/h6-9,16-17H,1-5,10-14H2,(H,25,28)(H,26,29). The van der Waals surface area contributed by atoms with Crippen LogP contribution in [0.15, 0.2) is 24.3 Å². The van der Waals surface area contributed by atoms with Crippen molar-refractivity contribution in [3.63, 3.8) is 0 Å². The maximum absolute atomic E-state index is 12.4. The number of hydrogen-bond donors (Lipinski definition) is 2. The van der Waals surface area contributed by atoms with Gasteiger partial charge in [0.1, 0.15) is 5.75 Å². The Hall–Kier alpha value is -2.45. The zero-order valence-electron chi connectivity index (χ0n) is 16.8. The van der Waals surface area contributed by atoms with Crippen LogP contribution < -0.4 is 15.4 Å². The van der Waals surface area contributed by atoms with Gasteiger partial charge in [-0.2, -0.15) is 0 Å². The summed E-state index contributed by atoms with van der Waals surface area (Å²) >= 11 is 0. The summed E-state index contributed by atoms with van der Waals surface area (Å²) in [7, 11) is 0. The zero-order valence-corrected chi connectivity index (χ0v) is 16.8. The van der Waals surface area contributed by atoms with Crippen LogP contribution in [0.1, 0.15) is 50.5 Å². The number of carbonyl (C=O) groups is 2. The van der Waals surface area contributed by atoms with Gasteiger partial charge < -0.3 is 20.3 Å². The maximum Gasteiger partial charge on any atom is 0.573 e. The van der Waals surface area contributed by atoms with Crippen LogP contribution in [0.4, 0.5) is 18.0 Å². The molecule has 3 rings (SSSR count). The van der Waals surface area contributed by atoms with Crippen LogP contribution >= 0.6 is 0 Å². The molecule has 1 aromatic carbocycles. The van der Waals surface area contributed by atoms with Crippen molar-refractivity contribution in [3.05, 3.63) is 29.8 Å². The van der Waals surface area contributed by atoms with Crippen LogP contribution in [0.25, 0.3) is 0 Å². The molecule has 166 valence electrons. The number of halogens is 3. The van der Waals surface area contributed by atoms with E-state index in [1.54, 1.807) is 4.90 Å². The second-order valence-electron chi connectivity index (χ2n) is 7.98. The second-order valence-corrected chi connectivity index (χ2v) is 7.98. The fourth-order valence-corrected chi connectivity index (χ4v) is 4.01. The van der Waals surface area contributed by atoms with Crippen LogP contribution in [-0.2, 0) is 11.2 Å². The summed E-state index contributed by atoms with van der Waals surface area (Å²) in [5.41, 5.74) is 0.603. The highest BCUT2D eigenvalue weighted by molar-refractivity contribution is 5.79. The van der Waals surface area contributed by atoms with E-state index in [0.717, 1.165) is 25.7 Å². The van der Waals surface area contributed by atoms with E-state index in [4.69, 9.17) is 0 Å². The normalized spacial score (nSPS) is 18.7. The zero-order chi connectivity index (χ0) is 21.6. The summed E-state index contributed by atoms with van der Waals surface area (Å²) in [6.07, 6.45) is 2.36. The molecule has 0 aromatic heterocycles. The molecule has 30 heavy (non-hydrogen) atoms. The minimum absolute atomic E-state index is 0.0101. The minimum Gasteiger partial charge on any atom is -0.406 e. The first-order chi connectivity index (χ1) is 14.3. The third kappa shape index (κ3) is 7.11. The molecule has 0 bridgehead atoms. The number of alkyl halides is 3. The van der Waals surface area contributed by atoms with Gasteiger partial charge in [0, 0.05) is 25.2 Å². The molecule has 0 atom stereocenters. The Balaban J connectivity index is 1.38. The van der Waals surface area contributed by atoms with Gasteiger partial charge in [-0.3, -0.25) is 4.79 Å². The van der Waals surface area contributed by atoms with Gasteiger partial charge in [0.25, 0.3) is 0 Å². The lowest BCUT2D eigenvalue weighted by Crippen LogP contribution is -2.51. The van der Waals surface area contributed by atoms with Crippen molar-refractivity contribution in [3.8, 4) is 5.75 Å². The summed E-state index contributed by atoms with van der Waals surface area (Å²) in [6.45, 7) is 1.18. The van der Waals surface area contributed by atoms with Crippen LogP contribution in [0, 0.1) is 0 Å². The summed E-state index contributed by atoms with van der Waals surface area (Å²) in [5.74, 6) is -0.505. The molecule has 0 spiro atoms. The van der Waals surface area contributed by atoms with Crippen molar-refractivity contribution < 1.29 is 27.5 Å². The Morgan fingerprint density at radius 2 is 1.53 bits per heavy atom. The smallest absolute Gasteiger partial charge is 0.406 e. The van der Waals surface area contributed by atoms with E-state index in [1.165, 1.54) is 30.7 Å². The van der Waals surface area contributed by atoms with E-state index >= 15 is 0 Å². The fraction of sp³-hybridized carbons (Fsp3) is 0.619. The van der Waals surface area contributed by atoms with Gasteiger partial charge in [-0.15, -0.1) is 13.2 Å². The van der Waals surface area contributed by atoms with E-state index in [1.807, 2.05) is 0 Å². The highest BCUT2D eigenvalue weighted by atomic mass is 19.4. The molecule has 1 saturated carbocycles. The number of benzene rings is 1. The average molecular weight is 427 g/mol. The minimum atomic E-state index is -4.74. The van der Waals surface area contributed by atoms with Gasteiger partial charge in [-0.05, 0) is 43.4 Å². The number of carbonyl (C=O) groups excluding carboxylic acids is 2. The molecule has 0 unspecified atom stereocenters. The molecule has 1 saturated heterocycles. The Bertz CT molecular complexity index is 710. The number of nitrogens with one attached hydrogen (secondary N) is 2. The van der Waals surface area contributed by atoms with Crippen molar-refractivity contribution in [1.82, 2.24) is 15.5 Å². The molecular weight excluding hydrogens is 399 g/mol. The van der Waals surface area contributed by atoms with Crippen molar-refractivity contribution in [2.45, 2.75) is 69.8 Å². The molecular formula is C21H28F3N3O3. The number of amides is 3. The molecule has 1 heterocycles. The Morgan fingerprint density at radius 3 is 2.13 bits per heavy atom. The second kappa shape index (κ2) is 10.0. The summed E-state index contributed by atoms with van der Waals surface area (Å²) in [6, 6.07) is 5.52. The predicted octanol–water partition coefficient (Wildman–Crippen LogP) is 3.75. The van der Waals surface area contributed by atoms with Crippen molar-refractivity contribution >= 4 is 11.9 Å². The molecule has 6 nitrogen and oxygen atoms in total. The van der Waals surface area contributed by atoms with Gasteiger partial charge in [-0.25, -0.2) is 4.79 Å². The lowest BCUT2D eigenvalue weighted by atomic mass is 9.95. The van der Waals surface area contributed by atoms with Gasteiger partial charge in [0.15, 0.2) is 0 Å². The molecule has 2 N–H and O–H groups in total. The van der Waals surface area contributed by atoms with E-state index in [0.29, 0.717) is 31.5 Å². The predicted molar refractivity (Wildman–Crippen MR) is 105 cm³/mol. The molecule has 2 fully saturated rings. The van der Waals surface area contributed by atoms with Crippen molar-refractivity contribution in [2.75, 3.05) is 13.1 Å². The summed E-state index contributed by atoms with van der Waals surface area (Å²) < 4.78 is 40.4. The number of urea groups is 1. The van der Waals surface area contributed by atoms with Gasteiger partial charge in [0.2, 0.25) is 5.91 Å². The largest absolute Gasteiger partial charge is 0.573 e. The lowest BCUT2D eigenvalue weighted by Gasteiger charge is -2.34. The SMILES string of the molecule is O=C(Cc1ccc(OC(F)(F)F)cc1)NC1CCN(C(=O)NC2CCCCC2)CC1. The van der Waals surface area contributed by atoms with Crippen LogP contribution in [0.2, 0.25) is 0 Å². The highest BCUT2D eigenvalue weighted by Gasteiger charge is 2.31. The molecule has 2 aliphatic rings. The quantitative estimate of drug-likeness (QED) is 0.752. The van der Waals surface area contributed by atoms with Gasteiger partial charge in [0.05, 0.1) is 6.42 Å². The Morgan fingerprint density at radius 1 is 0.933 bits per heavy atom. The molecule has 1 aromatic rings. The number of nitrogens with zero attached hydrogens (tertiary/aromatic N) is 1. The third-order valence-corrected chi connectivity index (χ3v) is 5.60. The summed E-state index contributed by atoms with van der Waals surface area (Å²) in [4.78, 5) is 26.5. The van der Waals surface area contributed by atoms with E-state index in [2.05, 4.69) is 15.4 Å². The first-order valence-electron chi connectivity index (χ1n) is 10.5. The number of hydrogen-bond acceptors (Lipinski definition) is 3. The third-order valence-electron chi connectivity index (χ3n) is 5.60. The molecule has 9 heteroatoms. The van der Waals surface area contributed by atoms with Gasteiger partial charge in [-0.1, -0.05) is 31.4 Å². The lowest BCUT2D eigenvalue weighted by molar-refractivity contribution is -0.274. The highest BCUT2D eigenvalue weighted by Crippen LogP contribution is 2.23.